The minimum absolute atomic E-state index is 0.0528. The maximum atomic E-state index is 11.4. The van der Waals surface area contributed by atoms with Gasteiger partial charge in [-0.05, 0) is 6.92 Å². The fourth-order valence-corrected chi connectivity index (χ4v) is 1.01. The lowest BCUT2D eigenvalue weighted by Gasteiger charge is -2.08. The molecule has 1 aromatic heterocycles. The second-order valence-corrected chi connectivity index (χ2v) is 3.02. The molecular weight excluding hydrogens is 216 g/mol. The van der Waals surface area contributed by atoms with Crippen LogP contribution in [0.25, 0.3) is 0 Å². The molecule has 7 heteroatoms. The number of aliphatic hydroxyl groups excluding tert-OH is 1. The van der Waals surface area contributed by atoms with Crippen LogP contribution in [0.3, 0.4) is 0 Å². The van der Waals surface area contributed by atoms with E-state index < -0.39 is 18.0 Å². The molecular formula is C9H12N2O5. The molecule has 16 heavy (non-hydrogen) atoms. The van der Waals surface area contributed by atoms with E-state index in [4.69, 9.17) is 4.42 Å². The third-order valence-electron chi connectivity index (χ3n) is 1.88. The number of carbonyl (C=O) groups is 2. The number of esters is 1. The highest BCUT2D eigenvalue weighted by Gasteiger charge is 2.19. The van der Waals surface area contributed by atoms with E-state index in [-0.39, 0.29) is 12.3 Å². The van der Waals surface area contributed by atoms with Crippen molar-refractivity contribution in [1.82, 2.24) is 10.3 Å². The van der Waals surface area contributed by atoms with E-state index >= 15 is 0 Å². The normalized spacial score (nSPS) is 11.9. The number of hydrogen-bond acceptors (Lipinski definition) is 6. The zero-order valence-electron chi connectivity index (χ0n) is 8.89. The molecule has 1 amide bonds. The van der Waals surface area contributed by atoms with Gasteiger partial charge in [-0.1, -0.05) is 0 Å². The van der Waals surface area contributed by atoms with Crippen molar-refractivity contribution in [1.29, 1.82) is 0 Å². The molecule has 0 aromatic carbocycles. The van der Waals surface area contributed by atoms with E-state index in [1.807, 2.05) is 0 Å². The Kier molecular flexibility index (Phi) is 4.01. The lowest BCUT2D eigenvalue weighted by Crippen LogP contribution is -2.37. The molecule has 0 aliphatic carbocycles. The molecule has 1 heterocycles. The molecule has 0 saturated heterocycles. The Labute approximate surface area is 91.4 Å². The Morgan fingerprint density at radius 3 is 2.88 bits per heavy atom. The largest absolute Gasteiger partial charge is 0.467 e. The first-order valence-corrected chi connectivity index (χ1v) is 4.50. The van der Waals surface area contributed by atoms with Gasteiger partial charge in [-0.3, -0.25) is 4.79 Å². The Morgan fingerprint density at radius 1 is 1.69 bits per heavy atom. The van der Waals surface area contributed by atoms with Crippen LogP contribution >= 0.6 is 0 Å². The molecule has 1 atom stereocenters. The standard InChI is InChI=1S/C9H12N2O5/c1-5-7(16-4-11-5)8(13)10-3-6(12)9(14)15-2/h4,6,12H,3H2,1-2H3,(H,10,13). The minimum atomic E-state index is -1.39. The number of oxazole rings is 1. The quantitative estimate of drug-likeness (QED) is 0.657. The van der Waals surface area contributed by atoms with Gasteiger partial charge in [-0.2, -0.15) is 0 Å². The molecule has 88 valence electrons. The van der Waals surface area contributed by atoms with Crippen molar-refractivity contribution in [3.05, 3.63) is 17.8 Å². The molecule has 0 radical (unpaired) electrons. The summed E-state index contributed by atoms with van der Waals surface area (Å²) in [6.45, 7) is 1.36. The van der Waals surface area contributed by atoms with Gasteiger partial charge in [0.1, 0.15) is 0 Å². The molecule has 2 N–H and O–H groups in total. The van der Waals surface area contributed by atoms with Crippen LogP contribution in [0.2, 0.25) is 0 Å². The van der Waals surface area contributed by atoms with E-state index in [0.29, 0.717) is 5.69 Å². The summed E-state index contributed by atoms with van der Waals surface area (Å²) in [7, 11) is 1.15. The van der Waals surface area contributed by atoms with Gasteiger partial charge in [0.2, 0.25) is 5.76 Å². The zero-order valence-corrected chi connectivity index (χ0v) is 8.89. The SMILES string of the molecule is COC(=O)C(O)CNC(=O)c1ocnc1C. The number of carbonyl (C=O) groups excluding carboxylic acids is 2. The summed E-state index contributed by atoms with van der Waals surface area (Å²) in [6.07, 6.45) is -0.252. The highest BCUT2D eigenvalue weighted by molar-refractivity contribution is 5.92. The molecule has 1 aromatic rings. The van der Waals surface area contributed by atoms with Crippen molar-refractivity contribution in [2.24, 2.45) is 0 Å². The summed E-state index contributed by atoms with van der Waals surface area (Å²) < 4.78 is 9.11. The highest BCUT2D eigenvalue weighted by Crippen LogP contribution is 2.03. The van der Waals surface area contributed by atoms with E-state index in [2.05, 4.69) is 15.0 Å². The molecule has 1 rings (SSSR count). The smallest absolute Gasteiger partial charge is 0.336 e. The lowest BCUT2D eigenvalue weighted by atomic mass is 10.3. The minimum Gasteiger partial charge on any atom is -0.467 e. The summed E-state index contributed by atoms with van der Waals surface area (Å²) >= 11 is 0. The molecule has 0 fully saturated rings. The monoisotopic (exact) mass is 228 g/mol. The number of aliphatic hydroxyl groups is 1. The number of nitrogens with one attached hydrogen (secondary N) is 1. The fourth-order valence-electron chi connectivity index (χ4n) is 1.01. The first kappa shape index (κ1) is 12.2. The van der Waals surface area contributed by atoms with Crippen LogP contribution in [-0.4, -0.2) is 41.7 Å². The van der Waals surface area contributed by atoms with Crippen LogP contribution in [0.4, 0.5) is 0 Å². The average molecular weight is 228 g/mol. The highest BCUT2D eigenvalue weighted by atomic mass is 16.5. The van der Waals surface area contributed by atoms with Crippen LogP contribution in [0.5, 0.6) is 0 Å². The Balaban J connectivity index is 2.48. The predicted octanol–water partition coefficient (Wildman–Crippen LogP) is -0.753. The van der Waals surface area contributed by atoms with Gasteiger partial charge < -0.3 is 19.6 Å². The summed E-state index contributed by atoms with van der Waals surface area (Å²) in [5, 5.41) is 11.5. The topological polar surface area (TPSA) is 102 Å². The number of ether oxygens (including phenoxy) is 1. The van der Waals surface area contributed by atoms with E-state index in [1.54, 1.807) is 6.92 Å². The lowest BCUT2D eigenvalue weighted by molar-refractivity contribution is -0.149. The van der Waals surface area contributed by atoms with Crippen molar-refractivity contribution in [2.45, 2.75) is 13.0 Å². The third kappa shape index (κ3) is 2.80. The summed E-state index contributed by atoms with van der Waals surface area (Å²) in [6, 6.07) is 0. The van der Waals surface area contributed by atoms with Crippen LogP contribution in [0.15, 0.2) is 10.8 Å². The molecule has 0 saturated carbocycles. The number of methoxy groups -OCH3 is 1. The average Bonchev–Trinajstić information content (AvgIpc) is 2.70. The molecule has 0 bridgehead atoms. The number of hydrogen-bond donors (Lipinski definition) is 2. The first-order chi connectivity index (χ1) is 7.56. The maximum Gasteiger partial charge on any atom is 0.336 e. The van der Waals surface area contributed by atoms with Crippen molar-refractivity contribution < 1.29 is 23.8 Å². The van der Waals surface area contributed by atoms with Gasteiger partial charge in [-0.15, -0.1) is 0 Å². The van der Waals surface area contributed by atoms with E-state index in [1.165, 1.54) is 0 Å². The molecule has 0 aliphatic heterocycles. The molecule has 7 nitrogen and oxygen atoms in total. The Hall–Kier alpha value is -1.89. The Bertz CT molecular complexity index is 387. The zero-order chi connectivity index (χ0) is 12.1. The van der Waals surface area contributed by atoms with E-state index in [9.17, 15) is 14.7 Å². The maximum absolute atomic E-state index is 11.4. The number of rotatable bonds is 4. The first-order valence-electron chi connectivity index (χ1n) is 4.50. The summed E-state index contributed by atoms with van der Waals surface area (Å²) in [5.41, 5.74) is 0.435. The number of amides is 1. The van der Waals surface area contributed by atoms with Crippen LogP contribution < -0.4 is 5.32 Å². The van der Waals surface area contributed by atoms with Gasteiger partial charge in [0, 0.05) is 0 Å². The van der Waals surface area contributed by atoms with Gasteiger partial charge in [-0.25, -0.2) is 9.78 Å². The number of aromatic nitrogens is 1. The number of nitrogens with zero attached hydrogens (tertiary/aromatic N) is 1. The van der Waals surface area contributed by atoms with Crippen molar-refractivity contribution >= 4 is 11.9 Å². The fraction of sp³-hybridized carbons (Fsp3) is 0.444. The van der Waals surface area contributed by atoms with Crippen LogP contribution in [0.1, 0.15) is 16.2 Å². The van der Waals surface area contributed by atoms with Crippen molar-refractivity contribution in [2.75, 3.05) is 13.7 Å². The second kappa shape index (κ2) is 5.26. The Morgan fingerprint density at radius 2 is 2.38 bits per heavy atom. The van der Waals surface area contributed by atoms with E-state index in [0.717, 1.165) is 13.5 Å². The van der Waals surface area contributed by atoms with Crippen molar-refractivity contribution in [3.8, 4) is 0 Å². The van der Waals surface area contributed by atoms with Crippen LogP contribution in [-0.2, 0) is 9.53 Å². The third-order valence-corrected chi connectivity index (χ3v) is 1.88. The van der Waals surface area contributed by atoms with Gasteiger partial charge in [0.25, 0.3) is 5.91 Å². The molecule has 1 unspecified atom stereocenters. The van der Waals surface area contributed by atoms with Gasteiger partial charge in [0.05, 0.1) is 19.3 Å². The van der Waals surface area contributed by atoms with Gasteiger partial charge >= 0.3 is 5.97 Å². The van der Waals surface area contributed by atoms with Crippen LogP contribution in [0, 0.1) is 6.92 Å². The summed E-state index contributed by atoms with van der Waals surface area (Å²) in [4.78, 5) is 26.0. The van der Waals surface area contributed by atoms with Gasteiger partial charge in [0.15, 0.2) is 12.5 Å². The predicted molar refractivity (Wildman–Crippen MR) is 51.6 cm³/mol. The second-order valence-electron chi connectivity index (χ2n) is 3.02. The molecule has 0 aliphatic rings. The molecule has 0 spiro atoms. The summed E-state index contributed by atoms with van der Waals surface area (Å²) in [5.74, 6) is -1.30. The van der Waals surface area contributed by atoms with Crippen molar-refractivity contribution in [3.63, 3.8) is 0 Å². The number of aryl methyl sites for hydroxylation is 1.